The molecule has 30 heavy (non-hydrogen) atoms. The third-order valence-corrected chi connectivity index (χ3v) is 5.37. The summed E-state index contributed by atoms with van der Waals surface area (Å²) < 4.78 is 7.11. The van der Waals surface area contributed by atoms with Gasteiger partial charge in [0.15, 0.2) is 11.0 Å². The molecule has 0 fully saturated rings. The Morgan fingerprint density at radius 3 is 2.60 bits per heavy atom. The molecule has 2 aromatic carbocycles. The second kappa shape index (κ2) is 9.40. The van der Waals surface area contributed by atoms with Gasteiger partial charge in [0, 0.05) is 29.4 Å². The number of amides is 1. The summed E-state index contributed by atoms with van der Waals surface area (Å²) in [6.45, 7) is 4.27. The summed E-state index contributed by atoms with van der Waals surface area (Å²) in [5.74, 6) is 1.28. The molecule has 0 radical (unpaired) electrons. The van der Waals surface area contributed by atoms with E-state index in [1.165, 1.54) is 17.8 Å². The van der Waals surface area contributed by atoms with E-state index in [1.807, 2.05) is 35.8 Å². The normalized spacial score (nSPS) is 10.6. The van der Waals surface area contributed by atoms with E-state index in [0.717, 1.165) is 11.3 Å². The molecule has 3 aromatic rings. The number of aromatic nitrogens is 3. The van der Waals surface area contributed by atoms with Crippen LogP contribution < -0.4 is 10.1 Å². The lowest BCUT2D eigenvalue weighted by molar-refractivity contribution is -0.385. The molecule has 0 saturated carbocycles. The molecular weight excluding hydrogens is 406 g/mol. The number of aryl methyl sites for hydroxylation is 1. The number of nitro benzene ring substituents is 1. The molecule has 10 heteroatoms. The van der Waals surface area contributed by atoms with E-state index in [1.54, 1.807) is 26.2 Å². The number of thioether (sulfide) groups is 1. The van der Waals surface area contributed by atoms with Gasteiger partial charge in [0.1, 0.15) is 5.75 Å². The number of hydrogen-bond donors (Lipinski definition) is 1. The zero-order chi connectivity index (χ0) is 21.7. The van der Waals surface area contributed by atoms with Crippen LogP contribution in [0.4, 0.5) is 11.4 Å². The zero-order valence-corrected chi connectivity index (χ0v) is 17.6. The molecule has 9 nitrogen and oxygen atoms in total. The zero-order valence-electron chi connectivity index (χ0n) is 16.8. The highest BCUT2D eigenvalue weighted by Gasteiger charge is 2.16. The maximum Gasteiger partial charge on any atom is 0.274 e. The molecular formula is C20H21N5O4S. The predicted molar refractivity (Wildman–Crippen MR) is 115 cm³/mol. The van der Waals surface area contributed by atoms with Gasteiger partial charge in [-0.15, -0.1) is 10.2 Å². The van der Waals surface area contributed by atoms with E-state index in [2.05, 4.69) is 15.5 Å². The van der Waals surface area contributed by atoms with Crippen molar-refractivity contribution in [2.24, 2.45) is 0 Å². The molecule has 0 unspecified atom stereocenters. The van der Waals surface area contributed by atoms with Crippen molar-refractivity contribution in [3.63, 3.8) is 0 Å². The number of hydrogen-bond acceptors (Lipinski definition) is 7. The van der Waals surface area contributed by atoms with Gasteiger partial charge < -0.3 is 14.6 Å². The van der Waals surface area contributed by atoms with Crippen molar-refractivity contribution in [1.82, 2.24) is 14.8 Å². The lowest BCUT2D eigenvalue weighted by atomic mass is 10.2. The summed E-state index contributed by atoms with van der Waals surface area (Å²) in [6, 6.07) is 12.1. The average Bonchev–Trinajstić information content (AvgIpc) is 3.16. The van der Waals surface area contributed by atoms with Crippen LogP contribution in [-0.2, 0) is 11.3 Å². The molecule has 1 aromatic heterocycles. The van der Waals surface area contributed by atoms with Gasteiger partial charge in [0.2, 0.25) is 5.91 Å². The number of nitrogens with one attached hydrogen (secondary N) is 1. The molecule has 0 bridgehead atoms. The van der Waals surface area contributed by atoms with Crippen LogP contribution >= 0.6 is 11.8 Å². The number of benzene rings is 2. The first kappa shape index (κ1) is 21.3. The summed E-state index contributed by atoms with van der Waals surface area (Å²) in [6.07, 6.45) is 0. The number of nitrogens with zero attached hydrogens (tertiary/aromatic N) is 4. The third kappa shape index (κ3) is 4.77. The summed E-state index contributed by atoms with van der Waals surface area (Å²) in [5.41, 5.74) is 1.78. The van der Waals surface area contributed by atoms with Gasteiger partial charge in [-0.05, 0) is 44.2 Å². The Balaban J connectivity index is 1.68. The number of methoxy groups -OCH3 is 1. The molecule has 156 valence electrons. The Morgan fingerprint density at radius 2 is 1.97 bits per heavy atom. The Labute approximate surface area is 177 Å². The molecule has 1 N–H and O–H groups in total. The van der Waals surface area contributed by atoms with Crippen LogP contribution in [0.2, 0.25) is 0 Å². The minimum atomic E-state index is -0.468. The Hall–Kier alpha value is -3.40. The monoisotopic (exact) mass is 427 g/mol. The quantitative estimate of drug-likeness (QED) is 0.329. The molecule has 0 aliphatic carbocycles. The van der Waals surface area contributed by atoms with Crippen molar-refractivity contribution in [3.05, 3.63) is 58.1 Å². The summed E-state index contributed by atoms with van der Waals surface area (Å²) in [4.78, 5) is 22.9. The number of anilines is 1. The maximum absolute atomic E-state index is 12.3. The summed E-state index contributed by atoms with van der Waals surface area (Å²) >= 11 is 1.25. The fraction of sp³-hybridized carbons (Fsp3) is 0.250. The van der Waals surface area contributed by atoms with E-state index in [4.69, 9.17) is 4.74 Å². The van der Waals surface area contributed by atoms with Gasteiger partial charge in [-0.25, -0.2) is 0 Å². The topological polar surface area (TPSA) is 112 Å². The summed E-state index contributed by atoms with van der Waals surface area (Å²) in [7, 11) is 1.61. The van der Waals surface area contributed by atoms with E-state index in [0.29, 0.717) is 28.8 Å². The molecule has 0 aliphatic heterocycles. The van der Waals surface area contributed by atoms with Gasteiger partial charge >= 0.3 is 0 Å². The lowest BCUT2D eigenvalue weighted by Gasteiger charge is -2.08. The van der Waals surface area contributed by atoms with Crippen molar-refractivity contribution in [3.8, 4) is 17.1 Å². The molecule has 0 spiro atoms. The first-order chi connectivity index (χ1) is 14.4. The van der Waals surface area contributed by atoms with E-state index < -0.39 is 4.92 Å². The van der Waals surface area contributed by atoms with Gasteiger partial charge in [0.05, 0.1) is 17.8 Å². The maximum atomic E-state index is 12.3. The predicted octanol–water partition coefficient (Wildman–Crippen LogP) is 3.92. The fourth-order valence-corrected chi connectivity index (χ4v) is 3.65. The lowest BCUT2D eigenvalue weighted by Crippen LogP contribution is -2.15. The second-order valence-corrected chi connectivity index (χ2v) is 7.32. The first-order valence-corrected chi connectivity index (χ1v) is 10.2. The van der Waals surface area contributed by atoms with E-state index in [9.17, 15) is 14.9 Å². The third-order valence-electron chi connectivity index (χ3n) is 4.40. The van der Waals surface area contributed by atoms with Crippen LogP contribution in [0, 0.1) is 17.0 Å². The highest BCUT2D eigenvalue weighted by atomic mass is 32.2. The molecule has 1 heterocycles. The Morgan fingerprint density at radius 1 is 1.23 bits per heavy atom. The van der Waals surface area contributed by atoms with E-state index in [-0.39, 0.29) is 17.3 Å². The van der Waals surface area contributed by atoms with Crippen LogP contribution in [-0.4, -0.2) is 38.5 Å². The second-order valence-electron chi connectivity index (χ2n) is 6.37. The highest BCUT2D eigenvalue weighted by molar-refractivity contribution is 7.99. The minimum absolute atomic E-state index is 0.0321. The molecule has 1 amide bonds. The van der Waals surface area contributed by atoms with Crippen LogP contribution in [0.1, 0.15) is 12.5 Å². The van der Waals surface area contributed by atoms with Crippen LogP contribution in [0.3, 0.4) is 0 Å². The van der Waals surface area contributed by atoms with Crippen molar-refractivity contribution < 1.29 is 14.5 Å². The average molecular weight is 427 g/mol. The number of nitro groups is 1. The van der Waals surface area contributed by atoms with Crippen molar-refractivity contribution in [1.29, 1.82) is 0 Å². The van der Waals surface area contributed by atoms with Gasteiger partial charge in [0.25, 0.3) is 5.69 Å². The molecule has 0 saturated heterocycles. The van der Waals surface area contributed by atoms with Crippen molar-refractivity contribution >= 4 is 29.0 Å². The Bertz CT molecular complexity index is 1070. The van der Waals surface area contributed by atoms with Crippen LogP contribution in [0.5, 0.6) is 5.75 Å². The number of carbonyl (C=O) groups is 1. The minimum Gasteiger partial charge on any atom is -0.497 e. The largest absolute Gasteiger partial charge is 0.497 e. The molecule has 0 aliphatic rings. The number of carbonyl (C=O) groups excluding carboxylic acids is 1. The Kier molecular flexibility index (Phi) is 6.68. The standard InChI is InChI=1S/C20H21N5O4S/c1-4-24-19(14-6-9-16(29-3)10-7-14)22-23-20(24)30-12-18(26)21-15-8-5-13(2)17(11-15)25(27)28/h5-11H,4,12H2,1-3H3,(H,21,26). The van der Waals surface area contributed by atoms with Crippen molar-refractivity contribution in [2.75, 3.05) is 18.2 Å². The fourth-order valence-electron chi connectivity index (χ4n) is 2.85. The van der Waals surface area contributed by atoms with Gasteiger partial charge in [-0.2, -0.15) is 0 Å². The highest BCUT2D eigenvalue weighted by Crippen LogP contribution is 2.26. The van der Waals surface area contributed by atoms with E-state index >= 15 is 0 Å². The van der Waals surface area contributed by atoms with Crippen LogP contribution in [0.25, 0.3) is 11.4 Å². The van der Waals surface area contributed by atoms with Crippen molar-refractivity contribution in [2.45, 2.75) is 25.5 Å². The van der Waals surface area contributed by atoms with Gasteiger partial charge in [-0.1, -0.05) is 17.8 Å². The summed E-state index contributed by atoms with van der Waals surface area (Å²) in [5, 5.41) is 22.8. The SMILES string of the molecule is CCn1c(SCC(=O)Nc2ccc(C)c([N+](=O)[O-])c2)nnc1-c1ccc(OC)cc1. The molecule has 0 atom stereocenters. The molecule has 3 rings (SSSR count). The first-order valence-electron chi connectivity index (χ1n) is 9.18. The number of ether oxygens (including phenoxy) is 1. The van der Waals surface area contributed by atoms with Gasteiger partial charge in [-0.3, -0.25) is 14.9 Å². The number of rotatable bonds is 8. The van der Waals surface area contributed by atoms with Crippen LogP contribution in [0.15, 0.2) is 47.6 Å². The smallest absolute Gasteiger partial charge is 0.274 e.